The molecule has 0 aliphatic carbocycles. The van der Waals surface area contributed by atoms with E-state index in [2.05, 4.69) is 67.9 Å². The average molecular weight is 368 g/mol. The Kier molecular flexibility index (Phi) is 3.06. The van der Waals surface area contributed by atoms with Crippen LogP contribution in [0.4, 0.5) is 0 Å². The van der Waals surface area contributed by atoms with Gasteiger partial charge in [-0.15, -0.1) is 0 Å². The van der Waals surface area contributed by atoms with E-state index < -0.39 is 6.10 Å². The zero-order chi connectivity index (χ0) is 19.2. The topological polar surface area (TPSA) is 33.3 Å². The second kappa shape index (κ2) is 5.33. The maximum absolute atomic E-state index is 11.1. The van der Waals surface area contributed by atoms with Crippen molar-refractivity contribution in [2.24, 2.45) is 0 Å². The molecule has 2 aliphatic heterocycles. The van der Waals surface area contributed by atoms with Crippen LogP contribution in [0.15, 0.2) is 54.7 Å². The van der Waals surface area contributed by atoms with Crippen LogP contribution in [0.5, 0.6) is 11.5 Å². The van der Waals surface area contributed by atoms with Gasteiger partial charge in [-0.25, -0.2) is 0 Å². The maximum atomic E-state index is 11.1. The number of hydrogen-bond donors (Lipinski definition) is 1. The zero-order valence-electron chi connectivity index (χ0n) is 16.2. The van der Waals surface area contributed by atoms with Gasteiger partial charge in [0.25, 0.3) is 0 Å². The van der Waals surface area contributed by atoms with E-state index in [4.69, 9.17) is 4.74 Å². The van der Waals surface area contributed by atoms with E-state index in [0.29, 0.717) is 5.92 Å². The van der Waals surface area contributed by atoms with Gasteiger partial charge in [-0.1, -0.05) is 44.2 Å². The van der Waals surface area contributed by atoms with Gasteiger partial charge in [0.15, 0.2) is 12.2 Å². The average Bonchev–Trinajstić information content (AvgIpc) is 2.71. The number of rotatable bonds is 1. The number of nitrogens with zero attached hydrogens (tertiary/aromatic N) is 1. The van der Waals surface area contributed by atoms with E-state index in [9.17, 15) is 5.11 Å². The molecule has 0 fully saturated rings. The van der Waals surface area contributed by atoms with Gasteiger partial charge in [0.2, 0.25) is 5.69 Å². The van der Waals surface area contributed by atoms with Crippen LogP contribution in [0.25, 0.3) is 32.8 Å². The standard InChI is InChI=1S/C25H22NO2/c1-13(2)17-10-16-8-9-26-14(3)24(27)19-11-15-6-4-5-7-18(15)25-22(19)23(26)21(16)20(12-17)28-25/h4-14,24,27H,1-3H3/q+1. The summed E-state index contributed by atoms with van der Waals surface area (Å²) >= 11 is 0. The Balaban J connectivity index is 1.83. The second-order valence-corrected chi connectivity index (χ2v) is 8.39. The van der Waals surface area contributed by atoms with Gasteiger partial charge in [0.1, 0.15) is 17.6 Å². The molecule has 2 unspecified atom stereocenters. The summed E-state index contributed by atoms with van der Waals surface area (Å²) in [5.74, 6) is 2.22. The summed E-state index contributed by atoms with van der Waals surface area (Å²) in [5, 5.41) is 15.6. The fourth-order valence-corrected chi connectivity index (χ4v) is 4.86. The molecule has 2 aliphatic rings. The van der Waals surface area contributed by atoms with Crippen molar-refractivity contribution in [3.63, 3.8) is 0 Å². The van der Waals surface area contributed by atoms with Crippen LogP contribution in [0.1, 0.15) is 50.0 Å². The van der Waals surface area contributed by atoms with Crippen molar-refractivity contribution in [1.82, 2.24) is 0 Å². The molecule has 138 valence electrons. The van der Waals surface area contributed by atoms with Gasteiger partial charge in [0.05, 0.1) is 10.9 Å². The molecule has 3 heteroatoms. The van der Waals surface area contributed by atoms with E-state index in [1.54, 1.807) is 0 Å². The summed E-state index contributed by atoms with van der Waals surface area (Å²) in [5.41, 5.74) is 4.45. The molecule has 28 heavy (non-hydrogen) atoms. The largest absolute Gasteiger partial charge is 0.455 e. The molecule has 3 heterocycles. The highest BCUT2D eigenvalue weighted by Crippen LogP contribution is 2.54. The smallest absolute Gasteiger partial charge is 0.228 e. The number of aliphatic hydroxyl groups excluding tert-OH is 1. The third-order valence-corrected chi connectivity index (χ3v) is 6.43. The molecule has 0 radical (unpaired) electrons. The van der Waals surface area contributed by atoms with Gasteiger partial charge in [0, 0.05) is 23.9 Å². The van der Waals surface area contributed by atoms with E-state index in [1.807, 2.05) is 12.1 Å². The summed E-state index contributed by atoms with van der Waals surface area (Å²) in [6, 6.07) is 17.0. The van der Waals surface area contributed by atoms with Gasteiger partial charge in [-0.2, -0.15) is 4.57 Å². The minimum atomic E-state index is -0.562. The molecule has 1 N–H and O–H groups in total. The van der Waals surface area contributed by atoms with Gasteiger partial charge < -0.3 is 9.84 Å². The Labute approximate surface area is 163 Å². The molecule has 1 aromatic heterocycles. The molecule has 2 atom stereocenters. The maximum Gasteiger partial charge on any atom is 0.228 e. The highest BCUT2D eigenvalue weighted by Gasteiger charge is 2.43. The molecular weight excluding hydrogens is 346 g/mol. The fraction of sp³-hybridized carbons (Fsp3) is 0.240. The van der Waals surface area contributed by atoms with Crippen LogP contribution in [-0.4, -0.2) is 5.11 Å². The van der Waals surface area contributed by atoms with Crippen LogP contribution in [0.2, 0.25) is 0 Å². The number of benzene rings is 3. The van der Waals surface area contributed by atoms with Crippen LogP contribution in [0.3, 0.4) is 0 Å². The lowest BCUT2D eigenvalue weighted by molar-refractivity contribution is -0.719. The van der Waals surface area contributed by atoms with Gasteiger partial charge in [-0.3, -0.25) is 0 Å². The summed E-state index contributed by atoms with van der Waals surface area (Å²) in [6.45, 7) is 6.51. The third kappa shape index (κ3) is 1.90. The first-order valence-corrected chi connectivity index (χ1v) is 9.98. The molecule has 0 spiro atoms. The van der Waals surface area contributed by atoms with Gasteiger partial charge >= 0.3 is 0 Å². The van der Waals surface area contributed by atoms with Crippen molar-refractivity contribution in [2.45, 2.75) is 38.8 Å². The predicted octanol–water partition coefficient (Wildman–Crippen LogP) is 5.78. The third-order valence-electron chi connectivity index (χ3n) is 6.43. The molecular formula is C25H22NO2+. The van der Waals surface area contributed by atoms with Crippen LogP contribution in [-0.2, 0) is 0 Å². The number of pyridine rings is 1. The zero-order valence-corrected chi connectivity index (χ0v) is 16.2. The van der Waals surface area contributed by atoms with E-state index in [-0.39, 0.29) is 6.04 Å². The minimum Gasteiger partial charge on any atom is -0.455 e. The molecule has 3 nitrogen and oxygen atoms in total. The van der Waals surface area contributed by atoms with Crippen molar-refractivity contribution in [1.29, 1.82) is 0 Å². The summed E-state index contributed by atoms with van der Waals surface area (Å²) in [7, 11) is 0. The van der Waals surface area contributed by atoms with Crippen molar-refractivity contribution in [3.8, 4) is 22.8 Å². The SMILES string of the molecule is CC(C)c1cc2c3c4[n+](ccc3c1)C(C)C(O)c1cc3ccccc3c(c1-4)O2. The molecule has 6 rings (SSSR count). The number of ether oxygens (including phenoxy) is 1. The van der Waals surface area contributed by atoms with Gasteiger partial charge in [-0.05, 0) is 34.4 Å². The Morgan fingerprint density at radius 2 is 1.86 bits per heavy atom. The summed E-state index contributed by atoms with van der Waals surface area (Å²) < 4.78 is 8.80. The molecule has 4 aromatic rings. The van der Waals surface area contributed by atoms with Crippen molar-refractivity contribution >= 4 is 21.5 Å². The summed E-state index contributed by atoms with van der Waals surface area (Å²) in [6.07, 6.45) is 1.56. The Morgan fingerprint density at radius 3 is 2.68 bits per heavy atom. The highest BCUT2D eigenvalue weighted by molar-refractivity contribution is 6.07. The minimum absolute atomic E-state index is 0.0309. The number of aliphatic hydroxyl groups is 1. The van der Waals surface area contributed by atoms with Crippen LogP contribution in [0, 0.1) is 0 Å². The van der Waals surface area contributed by atoms with E-state index in [1.165, 1.54) is 16.6 Å². The second-order valence-electron chi connectivity index (χ2n) is 8.39. The lowest BCUT2D eigenvalue weighted by atomic mass is 9.84. The Morgan fingerprint density at radius 1 is 1.04 bits per heavy atom. The Bertz CT molecular complexity index is 1310. The number of hydrogen-bond acceptors (Lipinski definition) is 2. The summed E-state index contributed by atoms with van der Waals surface area (Å²) in [4.78, 5) is 0. The van der Waals surface area contributed by atoms with Crippen molar-refractivity contribution in [3.05, 3.63) is 65.9 Å². The highest BCUT2D eigenvalue weighted by atomic mass is 16.5. The van der Waals surface area contributed by atoms with Crippen molar-refractivity contribution < 1.29 is 14.4 Å². The van der Waals surface area contributed by atoms with Crippen LogP contribution >= 0.6 is 0 Å². The first kappa shape index (κ1) is 16.1. The normalized spacial score (nSPS) is 19.3. The lowest BCUT2D eigenvalue weighted by Crippen LogP contribution is -2.46. The molecule has 3 aromatic carbocycles. The quantitative estimate of drug-likeness (QED) is 0.380. The molecule has 0 saturated carbocycles. The number of aromatic nitrogens is 1. The Hall–Kier alpha value is -2.91. The van der Waals surface area contributed by atoms with Crippen molar-refractivity contribution in [2.75, 3.05) is 0 Å². The lowest BCUT2D eigenvalue weighted by Gasteiger charge is -2.31. The van der Waals surface area contributed by atoms with E-state index >= 15 is 0 Å². The first-order chi connectivity index (χ1) is 13.5. The number of fused-ring (bicyclic) bond motifs is 2. The fourth-order valence-electron chi connectivity index (χ4n) is 4.86. The first-order valence-electron chi connectivity index (χ1n) is 9.98. The molecule has 0 saturated heterocycles. The monoisotopic (exact) mass is 368 g/mol. The van der Waals surface area contributed by atoms with E-state index in [0.717, 1.165) is 38.8 Å². The molecule has 0 amide bonds. The predicted molar refractivity (Wildman–Crippen MR) is 111 cm³/mol. The van der Waals surface area contributed by atoms with Crippen LogP contribution < -0.4 is 9.30 Å². The molecule has 0 bridgehead atoms.